The van der Waals surface area contributed by atoms with Crippen LogP contribution < -0.4 is 10.8 Å². The standard InChI is InChI=1S/C25H21NO4/c26-25(24(28)29)13-15-7-1-2-8-16(15)22(25)23(27)30-14-21-19-11-5-3-9-17(19)18-10-4-6-12-20(18)21/h1-12,21-22H,13-14,26H2,(H,28,29)/t22-,25+/m1/s1. The predicted molar refractivity (Wildman–Crippen MR) is 108 cm³/mol. The van der Waals surface area contributed by atoms with Crippen LogP contribution in [0.25, 0.3) is 11.1 Å². The lowest BCUT2D eigenvalue weighted by Crippen LogP contribution is -2.82. The van der Waals surface area contributed by atoms with Gasteiger partial charge in [0.05, 0.1) is 0 Å². The van der Waals surface area contributed by atoms with Crippen LogP contribution >= 0.6 is 0 Å². The summed E-state index contributed by atoms with van der Waals surface area (Å²) in [6.45, 7) is 0.147. The monoisotopic (exact) mass is 399 g/mol. The minimum absolute atomic E-state index is 0.0832. The lowest BCUT2D eigenvalue weighted by atomic mass is 9.85. The maximum atomic E-state index is 13.2. The lowest BCUT2D eigenvalue weighted by Gasteiger charge is -2.28. The van der Waals surface area contributed by atoms with Crippen LogP contribution in [0.2, 0.25) is 0 Å². The molecule has 2 atom stereocenters. The van der Waals surface area contributed by atoms with Gasteiger partial charge in [-0.25, -0.2) is 0 Å². The van der Waals surface area contributed by atoms with Gasteiger partial charge in [0, 0.05) is 12.3 Å². The van der Waals surface area contributed by atoms with Crippen molar-refractivity contribution in [1.29, 1.82) is 0 Å². The van der Waals surface area contributed by atoms with Gasteiger partial charge in [0.15, 0.2) is 5.54 Å². The molecule has 150 valence electrons. The first-order valence-corrected chi connectivity index (χ1v) is 10.00. The summed E-state index contributed by atoms with van der Waals surface area (Å²) < 4.78 is 5.76. The van der Waals surface area contributed by atoms with Crippen molar-refractivity contribution in [3.63, 3.8) is 0 Å². The van der Waals surface area contributed by atoms with E-state index in [1.165, 1.54) is 0 Å². The van der Waals surface area contributed by atoms with Crippen LogP contribution in [0.3, 0.4) is 0 Å². The highest BCUT2D eigenvalue weighted by atomic mass is 16.5. The smallest absolute Gasteiger partial charge is 0.320 e. The third kappa shape index (κ3) is 2.66. The van der Waals surface area contributed by atoms with E-state index in [1.807, 2.05) is 48.5 Å². The summed E-state index contributed by atoms with van der Waals surface area (Å²) >= 11 is 0. The number of quaternary nitrogens is 1. The molecular formula is C25H21NO4. The van der Waals surface area contributed by atoms with Crippen LogP contribution in [0.5, 0.6) is 0 Å². The first-order valence-electron chi connectivity index (χ1n) is 10.00. The van der Waals surface area contributed by atoms with Crippen molar-refractivity contribution in [3.05, 3.63) is 95.1 Å². The molecule has 3 N–H and O–H groups in total. The summed E-state index contributed by atoms with van der Waals surface area (Å²) in [6.07, 6.45) is 0.153. The molecule has 0 unspecified atom stereocenters. The molecule has 2 aliphatic rings. The number of aliphatic carboxylic acids is 1. The molecule has 30 heavy (non-hydrogen) atoms. The number of carbonyl (C=O) groups excluding carboxylic acids is 2. The summed E-state index contributed by atoms with van der Waals surface area (Å²) in [5, 5.41) is 11.9. The van der Waals surface area contributed by atoms with Crippen molar-refractivity contribution in [3.8, 4) is 11.1 Å². The minimum atomic E-state index is -1.56. The second kappa shape index (κ2) is 6.82. The Morgan fingerprint density at radius 1 is 0.900 bits per heavy atom. The molecule has 2 aliphatic carbocycles. The Balaban J connectivity index is 1.45. The molecule has 0 bridgehead atoms. The second-order valence-electron chi connectivity index (χ2n) is 8.11. The topological polar surface area (TPSA) is 94.1 Å². The summed E-state index contributed by atoms with van der Waals surface area (Å²) in [5.41, 5.74) is 8.27. The highest BCUT2D eigenvalue weighted by Crippen LogP contribution is 2.45. The number of benzene rings is 3. The van der Waals surface area contributed by atoms with Crippen molar-refractivity contribution in [2.75, 3.05) is 6.61 Å². The Morgan fingerprint density at radius 2 is 1.43 bits per heavy atom. The highest BCUT2D eigenvalue weighted by Gasteiger charge is 2.53. The Hall–Kier alpha value is -3.44. The van der Waals surface area contributed by atoms with E-state index in [1.54, 1.807) is 12.1 Å². The highest BCUT2D eigenvalue weighted by molar-refractivity contribution is 5.92. The van der Waals surface area contributed by atoms with Crippen LogP contribution in [0.4, 0.5) is 0 Å². The molecule has 0 spiro atoms. The van der Waals surface area contributed by atoms with Crippen molar-refractivity contribution < 1.29 is 25.2 Å². The summed E-state index contributed by atoms with van der Waals surface area (Å²) in [7, 11) is 0. The molecule has 0 fully saturated rings. The van der Waals surface area contributed by atoms with E-state index >= 15 is 0 Å². The summed E-state index contributed by atoms with van der Waals surface area (Å²) in [5.74, 6) is -2.97. The largest absolute Gasteiger partial charge is 0.544 e. The molecule has 0 saturated heterocycles. The predicted octanol–water partition coefficient (Wildman–Crippen LogP) is 1.41. The van der Waals surface area contributed by atoms with Crippen LogP contribution in [-0.4, -0.2) is 24.1 Å². The number of hydrogen-bond acceptors (Lipinski definition) is 4. The number of esters is 1. The zero-order valence-corrected chi connectivity index (χ0v) is 16.3. The molecule has 0 amide bonds. The molecule has 3 aromatic carbocycles. The number of fused-ring (bicyclic) bond motifs is 4. The zero-order chi connectivity index (χ0) is 20.9. The van der Waals surface area contributed by atoms with E-state index in [0.29, 0.717) is 5.56 Å². The average Bonchev–Trinajstić information content (AvgIpc) is 3.24. The van der Waals surface area contributed by atoms with Crippen LogP contribution in [0.1, 0.15) is 34.1 Å². The van der Waals surface area contributed by atoms with Gasteiger partial charge in [-0.1, -0.05) is 72.8 Å². The van der Waals surface area contributed by atoms with Crippen molar-refractivity contribution >= 4 is 11.9 Å². The number of carboxylic acid groups (broad SMARTS) is 1. The molecule has 0 saturated carbocycles. The van der Waals surface area contributed by atoms with Gasteiger partial charge in [0.1, 0.15) is 18.5 Å². The van der Waals surface area contributed by atoms with E-state index in [-0.39, 0.29) is 18.9 Å². The van der Waals surface area contributed by atoms with Crippen LogP contribution in [-0.2, 0) is 20.7 Å². The lowest BCUT2D eigenvalue weighted by molar-refractivity contribution is -0.487. The first kappa shape index (κ1) is 18.6. The fourth-order valence-electron chi connectivity index (χ4n) is 4.95. The fraction of sp³-hybridized carbons (Fsp3) is 0.200. The zero-order valence-electron chi connectivity index (χ0n) is 16.3. The molecule has 0 aromatic heterocycles. The van der Waals surface area contributed by atoms with Crippen molar-refractivity contribution in [2.45, 2.75) is 23.8 Å². The molecule has 0 heterocycles. The SMILES string of the molecule is [NH3+][C@@]1(C(=O)[O-])Cc2ccccc2[C@@H]1C(=O)OCC1c2ccccc2-c2ccccc21. The van der Waals surface area contributed by atoms with Crippen molar-refractivity contribution in [1.82, 2.24) is 0 Å². The maximum Gasteiger partial charge on any atom is 0.320 e. The fourth-order valence-corrected chi connectivity index (χ4v) is 4.95. The van der Waals surface area contributed by atoms with Gasteiger partial charge in [0.2, 0.25) is 0 Å². The molecule has 3 aromatic rings. The van der Waals surface area contributed by atoms with Gasteiger partial charge in [-0.05, 0) is 33.4 Å². The summed E-state index contributed by atoms with van der Waals surface area (Å²) in [6, 6.07) is 23.4. The normalized spacial score (nSPS) is 21.6. The summed E-state index contributed by atoms with van der Waals surface area (Å²) in [4.78, 5) is 25.1. The Kier molecular flexibility index (Phi) is 4.22. The minimum Gasteiger partial charge on any atom is -0.544 e. The third-order valence-electron chi connectivity index (χ3n) is 6.42. The van der Waals surface area contributed by atoms with Gasteiger partial charge < -0.3 is 20.4 Å². The Labute approximate surface area is 174 Å². The van der Waals surface area contributed by atoms with Crippen molar-refractivity contribution in [2.24, 2.45) is 0 Å². The Morgan fingerprint density at radius 3 is 2.03 bits per heavy atom. The molecule has 5 nitrogen and oxygen atoms in total. The second-order valence-corrected chi connectivity index (χ2v) is 8.11. The van der Waals surface area contributed by atoms with Gasteiger partial charge in [0.25, 0.3) is 0 Å². The van der Waals surface area contributed by atoms with Crippen LogP contribution in [0.15, 0.2) is 72.8 Å². The van der Waals surface area contributed by atoms with E-state index in [4.69, 9.17) is 4.74 Å². The molecular weight excluding hydrogens is 378 g/mol. The van der Waals surface area contributed by atoms with E-state index in [2.05, 4.69) is 17.9 Å². The van der Waals surface area contributed by atoms with Gasteiger partial charge >= 0.3 is 5.97 Å². The number of rotatable bonds is 4. The third-order valence-corrected chi connectivity index (χ3v) is 6.42. The van der Waals surface area contributed by atoms with E-state index < -0.39 is 23.4 Å². The Bertz CT molecular complexity index is 1130. The van der Waals surface area contributed by atoms with Gasteiger partial charge in [-0.15, -0.1) is 0 Å². The van der Waals surface area contributed by atoms with Gasteiger partial charge in [-0.3, -0.25) is 4.79 Å². The van der Waals surface area contributed by atoms with E-state index in [0.717, 1.165) is 27.8 Å². The molecule has 5 rings (SSSR count). The molecule has 0 aliphatic heterocycles. The molecule has 0 radical (unpaired) electrons. The van der Waals surface area contributed by atoms with Crippen LogP contribution in [0, 0.1) is 0 Å². The maximum absolute atomic E-state index is 13.2. The van der Waals surface area contributed by atoms with E-state index in [9.17, 15) is 14.7 Å². The average molecular weight is 399 g/mol. The number of carboxylic acids is 1. The van der Waals surface area contributed by atoms with Gasteiger partial charge in [-0.2, -0.15) is 0 Å². The number of hydrogen-bond donors (Lipinski definition) is 1. The number of ether oxygens (including phenoxy) is 1. The quantitative estimate of drug-likeness (QED) is 0.671. The first-order chi connectivity index (χ1) is 14.5. The number of carbonyl (C=O) groups is 2. The molecule has 5 heteroatoms.